The Morgan fingerprint density at radius 1 is 1.31 bits per heavy atom. The minimum atomic E-state index is 0.572. The van der Waals surface area contributed by atoms with Crippen LogP contribution in [0.2, 0.25) is 0 Å². The SMILES string of the molecule is Cn1cnnc1-c1ncc(Br)cn1. The molecule has 0 bridgehead atoms. The summed E-state index contributed by atoms with van der Waals surface area (Å²) in [5, 5.41) is 7.63. The van der Waals surface area contributed by atoms with Crippen LogP contribution in [-0.4, -0.2) is 24.7 Å². The lowest BCUT2D eigenvalue weighted by Crippen LogP contribution is -1.95. The van der Waals surface area contributed by atoms with Crippen LogP contribution >= 0.6 is 15.9 Å². The van der Waals surface area contributed by atoms with Crippen molar-refractivity contribution in [3.63, 3.8) is 0 Å². The molecule has 0 aliphatic heterocycles. The van der Waals surface area contributed by atoms with E-state index in [-0.39, 0.29) is 0 Å². The first-order chi connectivity index (χ1) is 6.27. The Hall–Kier alpha value is -1.30. The van der Waals surface area contributed by atoms with Crippen LogP contribution < -0.4 is 0 Å². The van der Waals surface area contributed by atoms with E-state index in [9.17, 15) is 0 Å². The Kier molecular flexibility index (Phi) is 2.05. The predicted molar refractivity (Wildman–Crippen MR) is 49.7 cm³/mol. The van der Waals surface area contributed by atoms with Crippen LogP contribution in [0.15, 0.2) is 23.2 Å². The zero-order valence-corrected chi connectivity index (χ0v) is 8.43. The van der Waals surface area contributed by atoms with Crippen LogP contribution in [0.5, 0.6) is 0 Å². The normalized spacial score (nSPS) is 10.3. The zero-order chi connectivity index (χ0) is 9.26. The summed E-state index contributed by atoms with van der Waals surface area (Å²) in [6, 6.07) is 0. The zero-order valence-electron chi connectivity index (χ0n) is 6.85. The quantitative estimate of drug-likeness (QED) is 0.747. The molecule has 6 heteroatoms. The maximum atomic E-state index is 4.10. The van der Waals surface area contributed by atoms with E-state index in [0.717, 1.165) is 4.47 Å². The summed E-state index contributed by atoms with van der Waals surface area (Å²) in [4.78, 5) is 8.20. The van der Waals surface area contributed by atoms with Gasteiger partial charge in [-0.2, -0.15) is 0 Å². The van der Waals surface area contributed by atoms with Gasteiger partial charge in [-0.05, 0) is 15.9 Å². The molecule has 66 valence electrons. The van der Waals surface area contributed by atoms with Gasteiger partial charge in [0.2, 0.25) is 5.82 Å². The van der Waals surface area contributed by atoms with Crippen LogP contribution in [0.1, 0.15) is 0 Å². The summed E-state index contributed by atoms with van der Waals surface area (Å²) < 4.78 is 2.61. The van der Waals surface area contributed by atoms with Crippen molar-refractivity contribution in [3.05, 3.63) is 23.2 Å². The van der Waals surface area contributed by atoms with Gasteiger partial charge in [0.15, 0.2) is 5.82 Å². The lowest BCUT2D eigenvalue weighted by Gasteiger charge is -1.97. The highest BCUT2D eigenvalue weighted by Crippen LogP contribution is 2.11. The first-order valence-corrected chi connectivity index (χ1v) is 4.38. The highest BCUT2D eigenvalue weighted by atomic mass is 79.9. The summed E-state index contributed by atoms with van der Waals surface area (Å²) >= 11 is 3.26. The monoisotopic (exact) mass is 239 g/mol. The molecule has 0 spiro atoms. The molecule has 0 atom stereocenters. The summed E-state index contributed by atoms with van der Waals surface area (Å²) in [5.74, 6) is 1.23. The molecule has 0 saturated heterocycles. The maximum Gasteiger partial charge on any atom is 0.201 e. The molecule has 0 aromatic carbocycles. The van der Waals surface area contributed by atoms with Gasteiger partial charge in [0.25, 0.3) is 0 Å². The molecule has 0 radical (unpaired) electrons. The van der Waals surface area contributed by atoms with Crippen LogP contribution in [0, 0.1) is 0 Å². The number of nitrogens with zero attached hydrogens (tertiary/aromatic N) is 5. The van der Waals surface area contributed by atoms with Gasteiger partial charge >= 0.3 is 0 Å². The summed E-state index contributed by atoms with van der Waals surface area (Å²) in [5.41, 5.74) is 0. The predicted octanol–water partition coefficient (Wildman–Crippen LogP) is 1.03. The fourth-order valence-corrected chi connectivity index (χ4v) is 1.12. The van der Waals surface area contributed by atoms with Crippen LogP contribution in [-0.2, 0) is 7.05 Å². The molecule has 5 nitrogen and oxygen atoms in total. The molecule has 2 aromatic heterocycles. The number of hydrogen-bond acceptors (Lipinski definition) is 4. The van der Waals surface area contributed by atoms with Gasteiger partial charge in [-0.3, -0.25) is 0 Å². The van der Waals surface area contributed by atoms with Gasteiger partial charge in [0.1, 0.15) is 6.33 Å². The van der Waals surface area contributed by atoms with Crippen molar-refractivity contribution >= 4 is 15.9 Å². The Morgan fingerprint density at radius 2 is 2.00 bits per heavy atom. The lowest BCUT2D eigenvalue weighted by molar-refractivity contribution is 0.903. The van der Waals surface area contributed by atoms with Crippen molar-refractivity contribution in [2.24, 2.45) is 7.05 Å². The first kappa shape index (κ1) is 8.31. The van der Waals surface area contributed by atoms with Gasteiger partial charge in [0.05, 0.1) is 4.47 Å². The lowest BCUT2D eigenvalue weighted by atomic mass is 10.5. The molecule has 0 N–H and O–H groups in total. The van der Waals surface area contributed by atoms with E-state index in [0.29, 0.717) is 11.6 Å². The van der Waals surface area contributed by atoms with Crippen molar-refractivity contribution in [2.45, 2.75) is 0 Å². The smallest absolute Gasteiger partial charge is 0.201 e. The molecule has 0 saturated carbocycles. The van der Waals surface area contributed by atoms with Crippen LogP contribution in [0.4, 0.5) is 0 Å². The third kappa shape index (κ3) is 1.57. The van der Waals surface area contributed by atoms with Gasteiger partial charge in [0, 0.05) is 19.4 Å². The molecule has 13 heavy (non-hydrogen) atoms. The van der Waals surface area contributed by atoms with Crippen molar-refractivity contribution in [1.29, 1.82) is 0 Å². The molecule has 0 unspecified atom stereocenters. The Balaban J connectivity index is 2.47. The summed E-state index contributed by atoms with van der Waals surface area (Å²) in [6.07, 6.45) is 4.97. The van der Waals surface area contributed by atoms with E-state index in [1.807, 2.05) is 7.05 Å². The number of hydrogen-bond donors (Lipinski definition) is 0. The van der Waals surface area contributed by atoms with Crippen LogP contribution in [0.25, 0.3) is 11.6 Å². The van der Waals surface area contributed by atoms with E-state index in [1.165, 1.54) is 0 Å². The van der Waals surface area contributed by atoms with Gasteiger partial charge in [-0.1, -0.05) is 0 Å². The molecule has 2 aromatic rings. The van der Waals surface area contributed by atoms with Crippen molar-refractivity contribution in [1.82, 2.24) is 24.7 Å². The minimum absolute atomic E-state index is 0.572. The fourth-order valence-electron chi connectivity index (χ4n) is 0.913. The van der Waals surface area contributed by atoms with E-state index in [1.54, 1.807) is 23.3 Å². The maximum absolute atomic E-state index is 4.10. The Labute approximate surface area is 83.0 Å². The van der Waals surface area contributed by atoms with E-state index in [4.69, 9.17) is 0 Å². The fraction of sp³-hybridized carbons (Fsp3) is 0.143. The highest BCUT2D eigenvalue weighted by molar-refractivity contribution is 9.10. The molecule has 0 amide bonds. The molecular weight excluding hydrogens is 234 g/mol. The molecular formula is C7H6BrN5. The third-order valence-electron chi connectivity index (χ3n) is 1.53. The summed E-state index contributed by atoms with van der Waals surface area (Å²) in [7, 11) is 1.85. The number of rotatable bonds is 1. The highest BCUT2D eigenvalue weighted by Gasteiger charge is 2.06. The average Bonchev–Trinajstić information content (AvgIpc) is 2.53. The summed E-state index contributed by atoms with van der Waals surface area (Å²) in [6.45, 7) is 0. The first-order valence-electron chi connectivity index (χ1n) is 3.59. The molecule has 0 aliphatic carbocycles. The van der Waals surface area contributed by atoms with Crippen LogP contribution in [0.3, 0.4) is 0 Å². The van der Waals surface area contributed by atoms with Gasteiger partial charge < -0.3 is 4.57 Å². The topological polar surface area (TPSA) is 56.5 Å². The number of aryl methyl sites for hydroxylation is 1. The third-order valence-corrected chi connectivity index (χ3v) is 1.94. The standard InChI is InChI=1S/C7H6BrN5/c1-13-4-11-12-7(13)6-9-2-5(8)3-10-6/h2-4H,1H3. The second-order valence-electron chi connectivity index (χ2n) is 2.49. The minimum Gasteiger partial charge on any atom is -0.314 e. The Bertz CT molecular complexity index is 407. The van der Waals surface area contributed by atoms with E-state index >= 15 is 0 Å². The van der Waals surface area contributed by atoms with Crippen molar-refractivity contribution in [3.8, 4) is 11.6 Å². The van der Waals surface area contributed by atoms with Gasteiger partial charge in [-0.15, -0.1) is 10.2 Å². The molecule has 0 aliphatic rings. The van der Waals surface area contributed by atoms with Crippen molar-refractivity contribution < 1.29 is 0 Å². The van der Waals surface area contributed by atoms with E-state index in [2.05, 4.69) is 36.1 Å². The van der Waals surface area contributed by atoms with Gasteiger partial charge in [-0.25, -0.2) is 9.97 Å². The second-order valence-corrected chi connectivity index (χ2v) is 3.41. The Morgan fingerprint density at radius 3 is 2.54 bits per heavy atom. The second kappa shape index (κ2) is 3.21. The number of halogens is 1. The van der Waals surface area contributed by atoms with Crippen molar-refractivity contribution in [2.75, 3.05) is 0 Å². The average molecular weight is 240 g/mol. The number of aromatic nitrogens is 5. The molecule has 2 rings (SSSR count). The van der Waals surface area contributed by atoms with E-state index < -0.39 is 0 Å². The molecule has 0 fully saturated rings. The largest absolute Gasteiger partial charge is 0.314 e. The molecule has 2 heterocycles.